The number of carbonyl (C=O) groups is 2. The van der Waals surface area contributed by atoms with Gasteiger partial charge in [0.15, 0.2) is 12.2 Å². The van der Waals surface area contributed by atoms with Crippen molar-refractivity contribution in [1.29, 1.82) is 0 Å². The number of nitrogens with one attached hydrogen (secondary N) is 6. The second-order valence-corrected chi connectivity index (χ2v) is 30.6. The van der Waals surface area contributed by atoms with Gasteiger partial charge in [0.25, 0.3) is 0 Å². The van der Waals surface area contributed by atoms with Crippen LogP contribution in [0.2, 0.25) is 0 Å². The Hall–Kier alpha value is -4.57. The van der Waals surface area contributed by atoms with Gasteiger partial charge in [-0.2, -0.15) is 0 Å². The van der Waals surface area contributed by atoms with Crippen molar-refractivity contribution in [1.82, 2.24) is 35.9 Å². The summed E-state index contributed by atoms with van der Waals surface area (Å²) in [7, 11) is 1.58. The number of carbonyl (C=O) groups excluding carboxylic acids is 1. The summed E-state index contributed by atoms with van der Waals surface area (Å²) in [5, 5.41) is 122. The fourth-order valence-electron chi connectivity index (χ4n) is 23.4. The van der Waals surface area contributed by atoms with Crippen LogP contribution in [0.5, 0.6) is 0 Å². The maximum atomic E-state index is 15.7. The van der Waals surface area contributed by atoms with Gasteiger partial charge in [-0.3, -0.25) is 14.6 Å². The number of nitrogens with two attached hydrogens (primary N) is 2. The summed E-state index contributed by atoms with van der Waals surface area (Å²) >= 11 is 0. The van der Waals surface area contributed by atoms with E-state index in [2.05, 4.69) is 74.1 Å². The van der Waals surface area contributed by atoms with E-state index in [4.69, 9.17) is 25.9 Å². The second-order valence-electron chi connectivity index (χ2n) is 30.6. The molecule has 2 aromatic heterocycles. The van der Waals surface area contributed by atoms with E-state index >= 15 is 4.79 Å². The number of anilines is 1. The maximum absolute atomic E-state index is 15.7. The highest BCUT2D eigenvalue weighted by Crippen LogP contribution is 2.83. The molecule has 0 radical (unpaired) electrons. The van der Waals surface area contributed by atoms with Crippen LogP contribution in [-0.4, -0.2) is 192 Å². The van der Waals surface area contributed by atoms with Gasteiger partial charge >= 0.3 is 5.97 Å². The van der Waals surface area contributed by atoms with Crippen LogP contribution >= 0.6 is 0 Å². The number of aliphatic hydroxyl groups excluding tert-OH is 8. The van der Waals surface area contributed by atoms with Crippen molar-refractivity contribution >= 4 is 23.7 Å². The average molecular weight is 1240 g/mol. The topological polar surface area (TPSA) is 405 Å². The van der Waals surface area contributed by atoms with E-state index in [-0.39, 0.29) is 55.3 Å². The minimum atomic E-state index is -1.72. The number of H-pyrrole nitrogens is 2. The minimum absolute atomic E-state index is 0.0562. The third kappa shape index (κ3) is 8.75. The Bertz CT molecular complexity index is 3070. The van der Waals surface area contributed by atoms with Gasteiger partial charge in [0.05, 0.1) is 72.2 Å². The molecule has 89 heavy (non-hydrogen) atoms. The van der Waals surface area contributed by atoms with E-state index in [1.807, 2.05) is 13.0 Å². The van der Waals surface area contributed by atoms with Crippen LogP contribution < -0.4 is 32.7 Å². The Balaban J connectivity index is 1.03. The SMILES string of the molecule is CN=C(N)NCCNC[C@H]([C@@H](N)O)[C@H](O)[C@@]1(c2cnc[nH]2)C=C[C@@H]([C@@H]2[C@@H](O)[C@@H](O[C@@H]3OC[C@@H](O)[C@H](O)[C@H]3O)[C@@](C)(CO)[C@H]3CC[C@]45CCC[C@H](C=C6[C@@H]7C[C@@](C)(CO)CC[C@]7(C(=O)O)[C@H]7CNc8nc[nH]c8C[C@@H]7[C@]64C)[C@@H]5[C@@]23C)[C@H]2[C@H]1NC(=O)C21CCCC1. The number of ether oxygens (including phenoxy) is 2. The first-order chi connectivity index (χ1) is 42.4. The molecule has 24 nitrogen and oxygen atoms in total. The average Bonchev–Trinajstić information content (AvgIpc) is 0.955. The molecule has 492 valence electrons. The number of aliphatic hydroxyl groups is 8. The Morgan fingerprint density at radius 3 is 2.40 bits per heavy atom. The van der Waals surface area contributed by atoms with Gasteiger partial charge in [0.2, 0.25) is 5.91 Å². The fraction of sp³-hybridized carbons (Fsp3) is 0.800. The largest absolute Gasteiger partial charge is 0.481 e. The number of aliphatic imine (C=N–C) groups is 1. The molecule has 2 saturated heterocycles. The standard InChI is InChI=1S/C65H99N11O13/c1-58(28-77)17-18-64(56(86)87)37(23-58)35-21-32-9-8-14-63(61(35,4)36-22-39-53(75-31-73-39)72-25-38(36)64)15-11-41-59(2,29-78)51(89-54-47(82)45(80)40(79)27-88-54)46(81)43(60(41,3)48(32)63)33-10-16-65(42-26-70-30-74-42,49-44(33)62(55(85)76-49)12-6-7-13-62)50(83)34(52(66)84)24-69-19-20-71-57(67)68-5/h10,16,21,26,30-34,36-38,40-41,43-52,54,69,72,77-84H,6-9,11-15,17-20,22-25,27-29,66H2,1-5H3,(H,70,74)(H,73,75)(H,76,85)(H,86,87)(H3,67,68,71)/t32-,33+,34+,36+,37+,38+,40-,41-,43-,44+,45+,46-,47-,48-,49-,50+,51-,52+,54+,58+,59+,60-,61+,63+,64-,65-/m1/s1. The summed E-state index contributed by atoms with van der Waals surface area (Å²) in [5.41, 5.74) is 7.41. The number of hydrogen-bond donors (Lipinski definition) is 17. The summed E-state index contributed by atoms with van der Waals surface area (Å²) in [4.78, 5) is 50.5. The maximum Gasteiger partial charge on any atom is 0.310 e. The van der Waals surface area contributed by atoms with Gasteiger partial charge in [-0.25, -0.2) is 9.97 Å². The van der Waals surface area contributed by atoms with Gasteiger partial charge in [-0.1, -0.05) is 70.8 Å². The van der Waals surface area contributed by atoms with Crippen molar-refractivity contribution in [2.24, 2.45) is 114 Å². The predicted molar refractivity (Wildman–Crippen MR) is 325 cm³/mol. The third-order valence-corrected chi connectivity index (χ3v) is 27.3. The first kappa shape index (κ1) is 63.2. The minimum Gasteiger partial charge on any atom is -0.481 e. The molecule has 0 unspecified atom stereocenters. The van der Waals surface area contributed by atoms with Crippen LogP contribution in [0.15, 0.2) is 47.6 Å². The number of aliphatic carboxylic acids is 1. The molecule has 6 saturated carbocycles. The van der Waals surface area contributed by atoms with Crippen molar-refractivity contribution in [3.05, 3.63) is 54.0 Å². The van der Waals surface area contributed by atoms with E-state index in [1.54, 1.807) is 19.6 Å². The Morgan fingerprint density at radius 1 is 0.933 bits per heavy atom. The van der Waals surface area contributed by atoms with Crippen LogP contribution in [0.25, 0.3) is 0 Å². The lowest BCUT2D eigenvalue weighted by atomic mass is 9.25. The van der Waals surface area contributed by atoms with Crippen LogP contribution in [-0.2, 0) is 30.9 Å². The van der Waals surface area contributed by atoms with Crippen molar-refractivity contribution in [3.8, 4) is 0 Å². The first-order valence-corrected chi connectivity index (χ1v) is 33.1. The smallest absolute Gasteiger partial charge is 0.310 e. The quantitative estimate of drug-likeness (QED) is 0.0295. The lowest BCUT2D eigenvalue weighted by molar-refractivity contribution is -0.350. The molecule has 1 spiro atoms. The molecule has 13 rings (SSSR count). The van der Waals surface area contributed by atoms with Gasteiger partial charge in [0.1, 0.15) is 30.4 Å². The monoisotopic (exact) mass is 1240 g/mol. The molecule has 26 atom stereocenters. The number of guanidine groups is 1. The van der Waals surface area contributed by atoms with Gasteiger partial charge < -0.3 is 98.1 Å². The number of amides is 1. The number of nitrogens with zero attached hydrogens (tertiary/aromatic N) is 3. The number of carboxylic acid groups (broad SMARTS) is 1. The number of imidazole rings is 2. The number of allylic oxidation sites excluding steroid dienone is 3. The van der Waals surface area contributed by atoms with Crippen molar-refractivity contribution in [2.45, 2.75) is 172 Å². The number of hydrogen-bond acceptors (Lipinski definition) is 18. The molecule has 2 bridgehead atoms. The number of fused-ring (bicyclic) bond motifs is 10. The second kappa shape index (κ2) is 22.6. The molecule has 11 aliphatic rings. The molecule has 5 heterocycles. The van der Waals surface area contributed by atoms with Crippen LogP contribution in [0, 0.1) is 97.1 Å². The predicted octanol–water partition coefficient (Wildman–Crippen LogP) is 0.972. The molecule has 1 amide bonds. The molecule has 0 aromatic carbocycles. The zero-order chi connectivity index (χ0) is 63.2. The lowest BCUT2D eigenvalue weighted by Gasteiger charge is -2.78. The third-order valence-electron chi connectivity index (χ3n) is 27.3. The summed E-state index contributed by atoms with van der Waals surface area (Å²) in [6.45, 7) is 9.14. The van der Waals surface area contributed by atoms with E-state index in [9.17, 15) is 50.8 Å². The molecule has 2 aromatic rings. The van der Waals surface area contributed by atoms with Gasteiger partial charge in [-0.05, 0) is 133 Å². The Morgan fingerprint density at radius 2 is 1.71 bits per heavy atom. The van der Waals surface area contributed by atoms with Crippen LogP contribution in [0.4, 0.5) is 5.82 Å². The van der Waals surface area contributed by atoms with E-state index < -0.39 is 147 Å². The number of aromatic nitrogens is 4. The molecule has 24 heteroatoms. The highest BCUT2D eigenvalue weighted by Gasteiger charge is 2.81. The van der Waals surface area contributed by atoms with Crippen LogP contribution in [0.1, 0.15) is 116 Å². The first-order valence-electron chi connectivity index (χ1n) is 33.1. The summed E-state index contributed by atoms with van der Waals surface area (Å²) < 4.78 is 13.0. The molecule has 19 N–H and O–H groups in total. The van der Waals surface area contributed by atoms with Crippen LogP contribution in [0.3, 0.4) is 0 Å². The molecular formula is C65H99N11O13. The molecule has 8 aliphatic carbocycles. The summed E-state index contributed by atoms with van der Waals surface area (Å²) in [6, 6.07) is -0.883. The van der Waals surface area contributed by atoms with E-state index in [1.165, 1.54) is 11.9 Å². The molecular weight excluding hydrogens is 1140 g/mol. The van der Waals surface area contributed by atoms with Crippen molar-refractivity contribution in [2.75, 3.05) is 58.4 Å². The zero-order valence-corrected chi connectivity index (χ0v) is 52.2. The zero-order valence-electron chi connectivity index (χ0n) is 52.2. The summed E-state index contributed by atoms with van der Waals surface area (Å²) in [5.74, 6) is -4.92. The van der Waals surface area contributed by atoms with Gasteiger partial charge in [0, 0.05) is 69.0 Å². The number of aromatic amines is 2. The lowest BCUT2D eigenvalue weighted by Crippen LogP contribution is -2.77. The van der Waals surface area contributed by atoms with Crippen molar-refractivity contribution in [3.63, 3.8) is 0 Å². The van der Waals surface area contributed by atoms with E-state index in [0.717, 1.165) is 43.6 Å². The Kier molecular flexibility index (Phi) is 16.0. The van der Waals surface area contributed by atoms with Crippen molar-refractivity contribution < 1.29 is 65.0 Å². The van der Waals surface area contributed by atoms with Gasteiger partial charge in [-0.15, -0.1) is 0 Å². The van der Waals surface area contributed by atoms with E-state index in [0.29, 0.717) is 76.7 Å². The summed E-state index contributed by atoms with van der Waals surface area (Å²) in [6.07, 6.45) is 7.68. The number of carboxylic acids is 1. The normalized spacial score (nSPS) is 47.1. The fourth-order valence-corrected chi connectivity index (χ4v) is 23.4. The molecule has 8 fully saturated rings. The Labute approximate surface area is 520 Å². The highest BCUT2D eigenvalue weighted by molar-refractivity contribution is 5.87. The molecule has 3 aliphatic heterocycles. The number of rotatable bonds is 15. The highest BCUT2D eigenvalue weighted by atomic mass is 16.7.